The van der Waals surface area contributed by atoms with Crippen LogP contribution < -0.4 is 4.74 Å². The second kappa shape index (κ2) is 9.71. The van der Waals surface area contributed by atoms with Crippen molar-refractivity contribution >= 4 is 0 Å². The Kier molecular flexibility index (Phi) is 6.96. The summed E-state index contributed by atoms with van der Waals surface area (Å²) >= 11 is 0. The molecule has 4 fully saturated rings. The van der Waals surface area contributed by atoms with Crippen molar-refractivity contribution in [3.8, 4) is 5.75 Å². The minimum Gasteiger partial charge on any atom is -0.493 e. The lowest BCUT2D eigenvalue weighted by atomic mass is 9.61. The van der Waals surface area contributed by atoms with Crippen LogP contribution >= 0.6 is 0 Å². The van der Waals surface area contributed by atoms with Crippen molar-refractivity contribution in [2.75, 3.05) is 6.61 Å². The van der Waals surface area contributed by atoms with Gasteiger partial charge in [-0.3, -0.25) is 0 Å². The highest BCUT2D eigenvalue weighted by Crippen LogP contribution is 2.60. The van der Waals surface area contributed by atoms with Gasteiger partial charge in [0.2, 0.25) is 0 Å². The van der Waals surface area contributed by atoms with Crippen molar-refractivity contribution in [1.82, 2.24) is 0 Å². The fourth-order valence-electron chi connectivity index (χ4n) is 7.90. The zero-order chi connectivity index (χ0) is 24.8. The van der Waals surface area contributed by atoms with Gasteiger partial charge >= 0.3 is 0 Å². The Labute approximate surface area is 212 Å². The normalized spacial score (nSPS) is 35.9. The molecule has 35 heavy (non-hydrogen) atoms. The van der Waals surface area contributed by atoms with Gasteiger partial charge in [0.15, 0.2) is 0 Å². The minimum absolute atomic E-state index is 0.180. The fourth-order valence-corrected chi connectivity index (χ4v) is 7.90. The van der Waals surface area contributed by atoms with Crippen LogP contribution in [0.3, 0.4) is 0 Å². The third-order valence-corrected chi connectivity index (χ3v) is 10.4. The summed E-state index contributed by atoms with van der Waals surface area (Å²) in [7, 11) is 0. The Morgan fingerprint density at radius 1 is 1.03 bits per heavy atom. The van der Waals surface area contributed by atoms with Crippen LogP contribution in [-0.2, 0) is 0 Å². The number of hydrogen-bond acceptors (Lipinski definition) is 3. The summed E-state index contributed by atoms with van der Waals surface area (Å²) in [5, 5.41) is 21.2. The van der Waals surface area contributed by atoms with Crippen molar-refractivity contribution in [3.05, 3.63) is 53.1 Å². The maximum atomic E-state index is 10.6. The second-order valence-corrected chi connectivity index (χ2v) is 12.9. The van der Waals surface area contributed by atoms with Crippen LogP contribution in [0.5, 0.6) is 5.75 Å². The van der Waals surface area contributed by atoms with E-state index >= 15 is 0 Å². The average Bonchev–Trinajstić information content (AvgIpc) is 3.56. The van der Waals surface area contributed by atoms with E-state index in [4.69, 9.17) is 4.74 Å². The quantitative estimate of drug-likeness (QED) is 0.455. The largest absolute Gasteiger partial charge is 0.493 e. The van der Waals surface area contributed by atoms with Gasteiger partial charge in [-0.1, -0.05) is 63.1 Å². The highest BCUT2D eigenvalue weighted by molar-refractivity contribution is 5.31. The summed E-state index contributed by atoms with van der Waals surface area (Å²) in [4.78, 5) is 0. The first-order valence-corrected chi connectivity index (χ1v) is 14.2. The first-order chi connectivity index (χ1) is 16.7. The van der Waals surface area contributed by atoms with Gasteiger partial charge in [-0.25, -0.2) is 0 Å². The number of fused-ring (bicyclic) bond motifs is 1. The molecule has 1 aromatic carbocycles. The molecule has 3 nitrogen and oxygen atoms in total. The molecule has 192 valence electrons. The smallest absolute Gasteiger partial charge is 0.119 e. The molecule has 6 atom stereocenters. The highest BCUT2D eigenvalue weighted by atomic mass is 16.5. The lowest BCUT2D eigenvalue weighted by Crippen LogP contribution is -2.39. The topological polar surface area (TPSA) is 49.7 Å². The van der Waals surface area contributed by atoms with Crippen LogP contribution in [0.2, 0.25) is 0 Å². The van der Waals surface area contributed by atoms with Crippen molar-refractivity contribution in [3.63, 3.8) is 0 Å². The number of aliphatic hydroxyl groups excluding tert-OH is 2. The fraction of sp³-hybridized carbons (Fsp3) is 0.688. The van der Waals surface area contributed by atoms with Gasteiger partial charge in [0, 0.05) is 5.41 Å². The summed E-state index contributed by atoms with van der Waals surface area (Å²) in [5.74, 6) is 3.39. The van der Waals surface area contributed by atoms with E-state index in [1.807, 2.05) is 0 Å². The third kappa shape index (κ3) is 4.76. The van der Waals surface area contributed by atoms with Gasteiger partial charge in [-0.2, -0.15) is 0 Å². The van der Waals surface area contributed by atoms with E-state index in [0.717, 1.165) is 38.0 Å². The van der Waals surface area contributed by atoms with Gasteiger partial charge in [0.05, 0.1) is 18.8 Å². The van der Waals surface area contributed by atoms with Crippen molar-refractivity contribution < 1.29 is 14.9 Å². The molecule has 4 aliphatic rings. The highest BCUT2D eigenvalue weighted by Gasteiger charge is 2.56. The summed E-state index contributed by atoms with van der Waals surface area (Å²) in [5.41, 5.74) is 4.32. The number of allylic oxidation sites excluding steroid dienone is 3. The molecule has 1 aromatic rings. The molecule has 5 rings (SSSR count). The molecule has 3 heteroatoms. The van der Waals surface area contributed by atoms with E-state index in [1.54, 1.807) is 5.57 Å². The Balaban J connectivity index is 1.24. The Morgan fingerprint density at radius 3 is 2.46 bits per heavy atom. The lowest BCUT2D eigenvalue weighted by Gasteiger charge is -2.44. The van der Waals surface area contributed by atoms with Crippen molar-refractivity contribution in [1.29, 1.82) is 0 Å². The van der Waals surface area contributed by atoms with Crippen LogP contribution in [0.25, 0.3) is 0 Å². The predicted octanol–water partition coefficient (Wildman–Crippen LogP) is 7.19. The molecule has 3 unspecified atom stereocenters. The molecule has 1 spiro atoms. The van der Waals surface area contributed by atoms with Gasteiger partial charge in [0.1, 0.15) is 5.75 Å². The predicted molar refractivity (Wildman–Crippen MR) is 142 cm³/mol. The number of aliphatic hydroxyl groups is 2. The zero-order valence-electron chi connectivity index (χ0n) is 22.3. The molecule has 0 bridgehead atoms. The van der Waals surface area contributed by atoms with Crippen molar-refractivity contribution in [2.45, 2.75) is 104 Å². The Hall–Kier alpha value is -1.58. The summed E-state index contributed by atoms with van der Waals surface area (Å²) in [6.45, 7) is 10.2. The van der Waals surface area contributed by atoms with E-state index in [-0.39, 0.29) is 17.6 Å². The SMILES string of the molecule is CC(C)c1cccc(OC[C@H](C)C2CCC3C(=CC=C4C[C@@H](O)C5(CC5)[C@H](O)C4)CCCC32C)c1. The standard InChI is InChI=1S/C32H46O3/c1-21(2)25-7-5-9-26(19-25)35-20-22(3)27-12-13-28-24(8-6-14-31(27,28)4)11-10-23-17-29(33)32(15-16-32)30(34)18-23/h5,7,9-11,19,21-22,27-30,33-34H,6,8,12-18,20H2,1-4H3/t22-,27?,28?,29+,30+,31?/m0/s1. The average molecular weight is 479 g/mol. The first-order valence-electron chi connectivity index (χ1n) is 14.2. The van der Waals surface area contributed by atoms with Crippen molar-refractivity contribution in [2.24, 2.45) is 28.6 Å². The number of rotatable bonds is 6. The number of ether oxygens (including phenoxy) is 1. The molecule has 0 aliphatic heterocycles. The van der Waals surface area contributed by atoms with E-state index in [2.05, 4.69) is 64.1 Å². The molecular weight excluding hydrogens is 432 g/mol. The first kappa shape index (κ1) is 25.1. The summed E-state index contributed by atoms with van der Waals surface area (Å²) in [6, 6.07) is 8.60. The van der Waals surface area contributed by atoms with Crippen LogP contribution in [0.1, 0.15) is 97.0 Å². The van der Waals surface area contributed by atoms with Crippen LogP contribution in [-0.4, -0.2) is 29.0 Å². The molecule has 0 heterocycles. The summed E-state index contributed by atoms with van der Waals surface area (Å²) < 4.78 is 6.32. The number of benzene rings is 1. The molecule has 0 saturated heterocycles. The van der Waals surface area contributed by atoms with Crippen LogP contribution in [0.4, 0.5) is 0 Å². The van der Waals surface area contributed by atoms with E-state index < -0.39 is 0 Å². The molecule has 4 aliphatic carbocycles. The van der Waals surface area contributed by atoms with Gasteiger partial charge in [-0.05, 0) is 105 Å². The van der Waals surface area contributed by atoms with Crippen LogP contribution in [0.15, 0.2) is 47.6 Å². The minimum atomic E-state index is -0.370. The second-order valence-electron chi connectivity index (χ2n) is 12.9. The Morgan fingerprint density at radius 2 is 1.77 bits per heavy atom. The molecule has 0 radical (unpaired) electrons. The van der Waals surface area contributed by atoms with Gasteiger partial charge < -0.3 is 14.9 Å². The molecule has 0 amide bonds. The van der Waals surface area contributed by atoms with E-state index in [9.17, 15) is 10.2 Å². The van der Waals surface area contributed by atoms with E-state index in [1.165, 1.54) is 43.2 Å². The zero-order valence-corrected chi connectivity index (χ0v) is 22.3. The summed E-state index contributed by atoms with van der Waals surface area (Å²) in [6.07, 6.45) is 13.6. The van der Waals surface area contributed by atoms with Crippen LogP contribution in [0, 0.1) is 28.6 Å². The molecule has 2 N–H and O–H groups in total. The monoisotopic (exact) mass is 478 g/mol. The Bertz CT molecular complexity index is 955. The third-order valence-electron chi connectivity index (χ3n) is 10.4. The van der Waals surface area contributed by atoms with Gasteiger partial charge in [-0.15, -0.1) is 0 Å². The number of hydrogen-bond donors (Lipinski definition) is 2. The molecular formula is C32H46O3. The maximum absolute atomic E-state index is 10.6. The molecule has 4 saturated carbocycles. The maximum Gasteiger partial charge on any atom is 0.119 e. The van der Waals surface area contributed by atoms with E-state index in [0.29, 0.717) is 29.1 Å². The lowest BCUT2D eigenvalue weighted by molar-refractivity contribution is -0.0225. The van der Waals surface area contributed by atoms with Gasteiger partial charge in [0.25, 0.3) is 0 Å². The molecule has 0 aromatic heterocycles.